The molecule has 5 aromatic rings. The average molecular weight is 453 g/mol. The Kier molecular flexibility index (Phi) is 5.15. The van der Waals surface area contributed by atoms with E-state index in [-0.39, 0.29) is 11.3 Å². The van der Waals surface area contributed by atoms with Crippen molar-refractivity contribution in [3.05, 3.63) is 155 Å². The molecule has 0 amide bonds. The molecule has 5 aromatic carbocycles. The van der Waals surface area contributed by atoms with Crippen LogP contribution >= 0.6 is 0 Å². The van der Waals surface area contributed by atoms with Gasteiger partial charge in [0.05, 0.1) is 0 Å². The number of anilines is 2. The van der Waals surface area contributed by atoms with Crippen molar-refractivity contribution in [2.45, 2.75) is 17.8 Å². The van der Waals surface area contributed by atoms with Crippen LogP contribution in [0.1, 0.15) is 40.2 Å². The Morgan fingerprint density at radius 2 is 1.09 bits per heavy atom. The number of nitrogen functional groups attached to an aromatic ring is 2. The summed E-state index contributed by atoms with van der Waals surface area (Å²) in [5.41, 5.74) is 22.5. The van der Waals surface area contributed by atoms with Crippen LogP contribution in [-0.4, -0.2) is 0 Å². The van der Waals surface area contributed by atoms with Gasteiger partial charge in [-0.1, -0.05) is 97.1 Å². The molecule has 1 aliphatic carbocycles. The van der Waals surface area contributed by atoms with Gasteiger partial charge in [-0.3, -0.25) is 0 Å². The SMILES string of the molecule is Nc1ccc(C2(c3ccc(N)cc3)CC(c3ccccc3)c3ccc(-c4ccccc4)cc32)cc1. The molecule has 6 rings (SSSR count). The summed E-state index contributed by atoms with van der Waals surface area (Å²) < 4.78 is 0. The van der Waals surface area contributed by atoms with Crippen LogP contribution in [0.2, 0.25) is 0 Å². The third-order valence-electron chi connectivity index (χ3n) is 7.51. The molecule has 0 fully saturated rings. The molecule has 0 bridgehead atoms. The first-order valence-corrected chi connectivity index (χ1v) is 12.1. The minimum absolute atomic E-state index is 0.283. The fourth-order valence-corrected chi connectivity index (χ4v) is 5.80. The van der Waals surface area contributed by atoms with Crippen molar-refractivity contribution in [2.75, 3.05) is 11.5 Å². The van der Waals surface area contributed by atoms with Crippen LogP contribution in [0.4, 0.5) is 11.4 Å². The number of benzene rings is 5. The molecular weight excluding hydrogens is 424 g/mol. The van der Waals surface area contributed by atoms with E-state index in [2.05, 4.69) is 103 Å². The van der Waals surface area contributed by atoms with E-state index in [1.54, 1.807) is 0 Å². The zero-order valence-electron chi connectivity index (χ0n) is 19.6. The highest BCUT2D eigenvalue weighted by molar-refractivity contribution is 5.70. The molecule has 0 saturated carbocycles. The van der Waals surface area contributed by atoms with Gasteiger partial charge in [0.1, 0.15) is 0 Å². The fourth-order valence-electron chi connectivity index (χ4n) is 5.80. The third kappa shape index (κ3) is 3.59. The molecule has 0 radical (unpaired) electrons. The fraction of sp³-hybridized carbons (Fsp3) is 0.0909. The predicted octanol–water partition coefficient (Wildman–Crippen LogP) is 7.39. The van der Waals surface area contributed by atoms with Crippen LogP contribution in [-0.2, 0) is 5.41 Å². The van der Waals surface area contributed by atoms with E-state index in [0.29, 0.717) is 0 Å². The van der Waals surface area contributed by atoms with E-state index in [4.69, 9.17) is 11.5 Å². The second-order valence-electron chi connectivity index (χ2n) is 9.48. The normalized spacial score (nSPS) is 16.1. The van der Waals surface area contributed by atoms with Gasteiger partial charge < -0.3 is 11.5 Å². The van der Waals surface area contributed by atoms with Crippen molar-refractivity contribution in [2.24, 2.45) is 0 Å². The van der Waals surface area contributed by atoms with Crippen LogP contribution in [0.5, 0.6) is 0 Å². The summed E-state index contributed by atoms with van der Waals surface area (Å²) in [5.74, 6) is 0.283. The van der Waals surface area contributed by atoms with Gasteiger partial charge in [-0.15, -0.1) is 0 Å². The quantitative estimate of drug-likeness (QED) is 0.279. The molecule has 35 heavy (non-hydrogen) atoms. The molecular formula is C33H28N2. The lowest BCUT2D eigenvalue weighted by molar-refractivity contribution is 0.577. The van der Waals surface area contributed by atoms with Crippen LogP contribution in [0.15, 0.2) is 127 Å². The number of nitrogens with two attached hydrogens (primary N) is 2. The summed E-state index contributed by atoms with van der Waals surface area (Å²) in [5, 5.41) is 0. The van der Waals surface area contributed by atoms with E-state index >= 15 is 0 Å². The summed E-state index contributed by atoms with van der Waals surface area (Å²) >= 11 is 0. The maximum absolute atomic E-state index is 6.12. The average Bonchev–Trinajstić information content (AvgIpc) is 3.26. The molecule has 0 saturated heterocycles. The summed E-state index contributed by atoms with van der Waals surface area (Å²) in [6.07, 6.45) is 0.943. The first-order chi connectivity index (χ1) is 17.1. The van der Waals surface area contributed by atoms with Crippen LogP contribution < -0.4 is 11.5 Å². The first kappa shape index (κ1) is 21.2. The van der Waals surface area contributed by atoms with Gasteiger partial charge in [-0.05, 0) is 75.7 Å². The van der Waals surface area contributed by atoms with Gasteiger partial charge in [-0.25, -0.2) is 0 Å². The smallest absolute Gasteiger partial charge is 0.0463 e. The molecule has 1 aliphatic rings. The minimum Gasteiger partial charge on any atom is -0.399 e. The lowest BCUT2D eigenvalue weighted by Crippen LogP contribution is -2.27. The number of hydrogen-bond acceptors (Lipinski definition) is 2. The van der Waals surface area contributed by atoms with Crippen molar-refractivity contribution in [1.82, 2.24) is 0 Å². The molecule has 0 spiro atoms. The van der Waals surface area contributed by atoms with E-state index in [1.807, 2.05) is 24.3 Å². The highest BCUT2D eigenvalue weighted by Gasteiger charge is 2.46. The van der Waals surface area contributed by atoms with E-state index in [0.717, 1.165) is 17.8 Å². The Hall–Kier alpha value is -4.30. The van der Waals surface area contributed by atoms with E-state index in [9.17, 15) is 0 Å². The van der Waals surface area contributed by atoms with Crippen molar-refractivity contribution in [1.29, 1.82) is 0 Å². The molecule has 1 unspecified atom stereocenters. The Balaban J connectivity index is 1.65. The molecule has 0 aromatic heterocycles. The molecule has 2 nitrogen and oxygen atoms in total. The van der Waals surface area contributed by atoms with E-state index in [1.165, 1.54) is 38.9 Å². The molecule has 0 aliphatic heterocycles. The number of rotatable bonds is 4. The van der Waals surface area contributed by atoms with Crippen LogP contribution in [0.3, 0.4) is 0 Å². The Labute approximate surface area is 206 Å². The largest absolute Gasteiger partial charge is 0.399 e. The zero-order valence-corrected chi connectivity index (χ0v) is 19.6. The van der Waals surface area contributed by atoms with Crippen molar-refractivity contribution in [3.63, 3.8) is 0 Å². The highest BCUT2D eigenvalue weighted by Crippen LogP contribution is 2.56. The highest BCUT2D eigenvalue weighted by atomic mass is 14.6. The molecule has 2 heteroatoms. The first-order valence-electron chi connectivity index (χ1n) is 12.1. The van der Waals surface area contributed by atoms with Crippen LogP contribution in [0, 0.1) is 0 Å². The van der Waals surface area contributed by atoms with E-state index < -0.39 is 0 Å². The Bertz CT molecular complexity index is 1410. The summed E-state index contributed by atoms with van der Waals surface area (Å²) in [7, 11) is 0. The summed E-state index contributed by atoms with van der Waals surface area (Å²) in [4.78, 5) is 0. The maximum Gasteiger partial charge on any atom is 0.0463 e. The van der Waals surface area contributed by atoms with Gasteiger partial charge in [-0.2, -0.15) is 0 Å². The maximum atomic E-state index is 6.12. The summed E-state index contributed by atoms with van der Waals surface area (Å²) in [6, 6.07) is 45.4. The van der Waals surface area contributed by atoms with Gasteiger partial charge >= 0.3 is 0 Å². The monoisotopic (exact) mass is 452 g/mol. The lowest BCUT2D eigenvalue weighted by Gasteiger charge is -2.33. The predicted molar refractivity (Wildman–Crippen MR) is 146 cm³/mol. The van der Waals surface area contributed by atoms with Gasteiger partial charge in [0.25, 0.3) is 0 Å². The molecule has 0 heterocycles. The second-order valence-corrected chi connectivity index (χ2v) is 9.48. The van der Waals surface area contributed by atoms with Crippen LogP contribution in [0.25, 0.3) is 11.1 Å². The Morgan fingerprint density at radius 3 is 1.66 bits per heavy atom. The Morgan fingerprint density at radius 1 is 0.543 bits per heavy atom. The number of hydrogen-bond donors (Lipinski definition) is 2. The van der Waals surface area contributed by atoms with Crippen molar-refractivity contribution < 1.29 is 0 Å². The van der Waals surface area contributed by atoms with Gasteiger partial charge in [0.2, 0.25) is 0 Å². The molecule has 170 valence electrons. The molecule has 4 N–H and O–H groups in total. The number of fused-ring (bicyclic) bond motifs is 1. The summed E-state index contributed by atoms with van der Waals surface area (Å²) in [6.45, 7) is 0. The topological polar surface area (TPSA) is 52.0 Å². The minimum atomic E-state index is -0.317. The van der Waals surface area contributed by atoms with Crippen molar-refractivity contribution >= 4 is 11.4 Å². The third-order valence-corrected chi connectivity index (χ3v) is 7.51. The second kappa shape index (κ2) is 8.48. The zero-order chi connectivity index (χ0) is 23.8. The van der Waals surface area contributed by atoms with Crippen molar-refractivity contribution in [3.8, 4) is 11.1 Å². The standard InChI is InChI=1S/C33H28N2/c34-28-16-12-26(13-17-28)33(27-14-18-29(35)19-15-27)22-31(24-9-5-2-6-10-24)30-20-11-25(21-32(30)33)23-7-3-1-4-8-23/h1-21,31H,22,34-35H2. The lowest BCUT2D eigenvalue weighted by atomic mass is 9.69. The van der Waals surface area contributed by atoms with Gasteiger partial charge in [0.15, 0.2) is 0 Å². The molecule has 1 atom stereocenters. The van der Waals surface area contributed by atoms with Gasteiger partial charge in [0, 0.05) is 22.7 Å².